The summed E-state index contributed by atoms with van der Waals surface area (Å²) in [5, 5.41) is 10.9. The first-order chi connectivity index (χ1) is 16.6. The molecule has 1 atom stereocenters. The lowest BCUT2D eigenvalue weighted by Crippen LogP contribution is -2.17. The Labute approximate surface area is 204 Å². The minimum absolute atomic E-state index is 0.0806. The summed E-state index contributed by atoms with van der Waals surface area (Å²) in [4.78, 5) is 17.7. The van der Waals surface area contributed by atoms with Crippen molar-refractivity contribution in [1.29, 1.82) is 5.41 Å². The number of nitrogens with two attached hydrogens (primary N) is 2. The molecule has 9 nitrogen and oxygen atoms in total. The largest absolute Gasteiger partial charge is 0.451 e. The highest BCUT2D eigenvalue weighted by Crippen LogP contribution is 2.38. The van der Waals surface area contributed by atoms with Crippen LogP contribution < -0.4 is 11.6 Å². The van der Waals surface area contributed by atoms with Gasteiger partial charge < -0.3 is 16.6 Å². The highest BCUT2D eigenvalue weighted by molar-refractivity contribution is 9.10. The van der Waals surface area contributed by atoms with Crippen LogP contribution in [-0.2, 0) is 6.18 Å². The first-order valence-electron chi connectivity index (χ1n) is 9.78. The van der Waals surface area contributed by atoms with Crippen molar-refractivity contribution in [1.82, 2.24) is 15.0 Å². The van der Waals surface area contributed by atoms with Crippen LogP contribution in [0.3, 0.4) is 0 Å². The number of benzene rings is 1. The lowest BCUT2D eigenvalue weighted by Gasteiger charge is -2.10. The number of hydrogen-bond donors (Lipinski definition) is 4. The molecule has 3 rings (SSSR count). The van der Waals surface area contributed by atoms with Gasteiger partial charge in [0.05, 0.1) is 23.3 Å². The molecule has 0 aliphatic heterocycles. The van der Waals surface area contributed by atoms with Crippen LogP contribution in [0.4, 0.5) is 23.2 Å². The number of alkyl halides is 3. The van der Waals surface area contributed by atoms with Crippen molar-refractivity contribution in [3.05, 3.63) is 64.2 Å². The number of aromatic amines is 1. The van der Waals surface area contributed by atoms with Crippen molar-refractivity contribution >= 4 is 45.7 Å². The van der Waals surface area contributed by atoms with Crippen molar-refractivity contribution < 1.29 is 17.6 Å². The van der Waals surface area contributed by atoms with E-state index in [4.69, 9.17) is 17.0 Å². The molecule has 0 aliphatic rings. The van der Waals surface area contributed by atoms with Gasteiger partial charge in [-0.2, -0.15) is 18.3 Å². The van der Waals surface area contributed by atoms with Gasteiger partial charge in [0.2, 0.25) is 5.82 Å². The molecule has 0 amide bonds. The predicted molar refractivity (Wildman–Crippen MR) is 129 cm³/mol. The van der Waals surface area contributed by atoms with Crippen LogP contribution in [0.2, 0.25) is 0 Å². The highest BCUT2D eigenvalue weighted by Gasteiger charge is 2.34. The molecular formula is C21H18BrF4N9. The van der Waals surface area contributed by atoms with Gasteiger partial charge in [0.1, 0.15) is 18.0 Å². The third-order valence-electron chi connectivity index (χ3n) is 4.83. The van der Waals surface area contributed by atoms with Gasteiger partial charge >= 0.3 is 6.18 Å². The van der Waals surface area contributed by atoms with E-state index in [9.17, 15) is 17.6 Å². The molecule has 2 heterocycles. The van der Waals surface area contributed by atoms with E-state index in [2.05, 4.69) is 46.0 Å². The number of hydrazone groups is 1. The van der Waals surface area contributed by atoms with Gasteiger partial charge in [0.25, 0.3) is 0 Å². The standard InChI is InChI=1S/C21H18BrF4N9/c1-10(14(35-29)8-30-13-5-3-2-4-12(13)23)17-16(22)15(18(34-17)19(28)33-9-27)11-6-31-20(32-7-11)21(24,25)26/h2-10,34H,29H2,1H3,(H3,27,28,33). The fourth-order valence-electron chi connectivity index (χ4n) is 3.09. The van der Waals surface area contributed by atoms with Crippen molar-refractivity contribution in [2.24, 2.45) is 26.7 Å². The second kappa shape index (κ2) is 10.5. The number of nitrogens with zero attached hydrogens (tertiary/aromatic N) is 5. The maximum Gasteiger partial charge on any atom is 0.451 e. The van der Waals surface area contributed by atoms with Crippen LogP contribution in [0.1, 0.15) is 30.1 Å². The van der Waals surface area contributed by atoms with E-state index in [1.807, 2.05) is 0 Å². The third kappa shape index (κ3) is 5.59. The van der Waals surface area contributed by atoms with Gasteiger partial charge in [0, 0.05) is 39.6 Å². The topological polar surface area (TPSA) is 155 Å². The van der Waals surface area contributed by atoms with Crippen LogP contribution in [0.15, 0.2) is 56.2 Å². The summed E-state index contributed by atoms with van der Waals surface area (Å²) in [6, 6.07) is 5.88. The number of nitrogens with one attached hydrogen (secondary N) is 2. The van der Waals surface area contributed by atoms with Crippen molar-refractivity contribution in [2.45, 2.75) is 19.0 Å². The van der Waals surface area contributed by atoms with Gasteiger partial charge in [0.15, 0.2) is 0 Å². The Hall–Kier alpha value is -3.94. The minimum atomic E-state index is -4.71. The molecule has 0 bridgehead atoms. The molecule has 35 heavy (non-hydrogen) atoms. The molecule has 0 aliphatic carbocycles. The van der Waals surface area contributed by atoms with E-state index in [-0.39, 0.29) is 28.5 Å². The molecule has 182 valence electrons. The fraction of sp³-hybridized carbons (Fsp3) is 0.143. The smallest absolute Gasteiger partial charge is 0.382 e. The maximum atomic E-state index is 13.9. The molecule has 0 spiro atoms. The molecule has 0 radical (unpaired) electrons. The summed E-state index contributed by atoms with van der Waals surface area (Å²) in [5.41, 5.74) is 7.49. The van der Waals surface area contributed by atoms with E-state index >= 15 is 0 Å². The lowest BCUT2D eigenvalue weighted by molar-refractivity contribution is -0.144. The zero-order valence-corrected chi connectivity index (χ0v) is 19.6. The van der Waals surface area contributed by atoms with Crippen LogP contribution in [0.5, 0.6) is 0 Å². The summed E-state index contributed by atoms with van der Waals surface area (Å²) in [6.07, 6.45) is -0.699. The fourth-order valence-corrected chi connectivity index (χ4v) is 3.96. The second-order valence-corrected chi connectivity index (χ2v) is 7.82. The molecule has 6 N–H and O–H groups in total. The van der Waals surface area contributed by atoms with Crippen LogP contribution in [0, 0.1) is 11.2 Å². The summed E-state index contributed by atoms with van der Waals surface area (Å²) in [5.74, 6) is 3.04. The Morgan fingerprint density at radius 3 is 2.46 bits per heavy atom. The quantitative estimate of drug-likeness (QED) is 0.112. The Balaban J connectivity index is 2.08. The van der Waals surface area contributed by atoms with Gasteiger partial charge in [-0.1, -0.05) is 19.1 Å². The average Bonchev–Trinajstić information content (AvgIpc) is 3.17. The Morgan fingerprint density at radius 2 is 1.89 bits per heavy atom. The first-order valence-corrected chi connectivity index (χ1v) is 10.6. The summed E-state index contributed by atoms with van der Waals surface area (Å²) < 4.78 is 53.0. The molecule has 1 unspecified atom stereocenters. The Morgan fingerprint density at radius 1 is 1.23 bits per heavy atom. The molecule has 0 saturated carbocycles. The summed E-state index contributed by atoms with van der Waals surface area (Å²) in [6.45, 7) is 1.72. The number of hydrogen-bond acceptors (Lipinski definition) is 6. The molecule has 3 aromatic rings. The zero-order chi connectivity index (χ0) is 25.8. The van der Waals surface area contributed by atoms with E-state index in [1.165, 1.54) is 24.4 Å². The number of amidine groups is 1. The number of H-pyrrole nitrogens is 1. The predicted octanol–water partition coefficient (Wildman–Crippen LogP) is 4.53. The van der Waals surface area contributed by atoms with Gasteiger partial charge in [-0.05, 0) is 28.1 Å². The van der Waals surface area contributed by atoms with Crippen molar-refractivity contribution in [3.8, 4) is 11.1 Å². The summed E-state index contributed by atoms with van der Waals surface area (Å²) in [7, 11) is 0. The first kappa shape index (κ1) is 25.7. The molecule has 0 fully saturated rings. The Kier molecular flexibility index (Phi) is 7.74. The van der Waals surface area contributed by atoms with Gasteiger partial charge in [-0.3, -0.25) is 10.4 Å². The monoisotopic (exact) mass is 551 g/mol. The lowest BCUT2D eigenvalue weighted by atomic mass is 10.0. The second-order valence-electron chi connectivity index (χ2n) is 7.02. The number of aromatic nitrogens is 3. The van der Waals surface area contributed by atoms with E-state index < -0.39 is 23.7 Å². The molecular weight excluding hydrogens is 534 g/mol. The van der Waals surface area contributed by atoms with E-state index in [1.54, 1.807) is 13.0 Å². The molecule has 1 aromatic carbocycles. The maximum absolute atomic E-state index is 13.9. The van der Waals surface area contributed by atoms with E-state index in [0.29, 0.717) is 22.1 Å². The molecule has 14 heteroatoms. The number of rotatable bonds is 7. The van der Waals surface area contributed by atoms with Crippen LogP contribution in [-0.4, -0.2) is 39.1 Å². The molecule has 2 aromatic heterocycles. The SMILES string of the molecule is CC(C(C=Nc1ccccc1F)=NN)c1[nH]c(C(N)=NC=N)c(-c2cnc(C(F)(F)F)nc2)c1Br. The van der Waals surface area contributed by atoms with Gasteiger partial charge in [-0.15, -0.1) is 0 Å². The van der Waals surface area contributed by atoms with Crippen molar-refractivity contribution in [2.75, 3.05) is 0 Å². The minimum Gasteiger partial charge on any atom is -0.382 e. The number of halogens is 5. The molecule has 0 saturated heterocycles. The number of para-hydroxylation sites is 1. The van der Waals surface area contributed by atoms with Gasteiger partial charge in [-0.25, -0.2) is 19.4 Å². The average molecular weight is 552 g/mol. The van der Waals surface area contributed by atoms with E-state index in [0.717, 1.165) is 12.4 Å². The van der Waals surface area contributed by atoms with Crippen molar-refractivity contribution in [3.63, 3.8) is 0 Å². The van der Waals surface area contributed by atoms with Crippen LogP contribution >= 0.6 is 15.9 Å². The summed E-state index contributed by atoms with van der Waals surface area (Å²) >= 11 is 3.45. The normalized spacial score (nSPS) is 13.9. The highest BCUT2D eigenvalue weighted by atomic mass is 79.9. The number of aliphatic imine (C=N–C) groups is 2. The third-order valence-corrected chi connectivity index (χ3v) is 5.66. The Bertz CT molecular complexity index is 1310. The zero-order valence-electron chi connectivity index (χ0n) is 18.0. The van der Waals surface area contributed by atoms with Crippen LogP contribution in [0.25, 0.3) is 11.1 Å².